The van der Waals surface area contributed by atoms with Crippen molar-refractivity contribution in [2.45, 2.75) is 6.42 Å². The van der Waals surface area contributed by atoms with Gasteiger partial charge >= 0.3 is 0 Å². The molecule has 82 valence electrons. The maximum atomic E-state index is 11.4. The molecule has 0 aromatic heterocycles. The summed E-state index contributed by atoms with van der Waals surface area (Å²) in [6.07, 6.45) is 0.365. The van der Waals surface area contributed by atoms with Crippen molar-refractivity contribution in [2.24, 2.45) is 0 Å². The Balaban J connectivity index is 2.54. The third-order valence-electron chi connectivity index (χ3n) is 2.55. The SMILES string of the molecule is O=C(CS)Cc1cccc2c(O)cccc12. The van der Waals surface area contributed by atoms with Crippen LogP contribution in [0.15, 0.2) is 36.4 Å². The van der Waals surface area contributed by atoms with Crippen LogP contribution in [0, 0.1) is 0 Å². The average Bonchev–Trinajstić information content (AvgIpc) is 2.30. The zero-order valence-corrected chi connectivity index (χ0v) is 9.58. The Morgan fingerprint density at radius 3 is 2.56 bits per heavy atom. The molecule has 2 nitrogen and oxygen atoms in total. The van der Waals surface area contributed by atoms with Crippen LogP contribution in [0.25, 0.3) is 10.8 Å². The van der Waals surface area contributed by atoms with E-state index in [0.717, 1.165) is 16.3 Å². The highest BCUT2D eigenvalue weighted by molar-refractivity contribution is 7.81. The molecular weight excluding hydrogens is 220 g/mol. The van der Waals surface area contributed by atoms with Gasteiger partial charge in [-0.25, -0.2) is 0 Å². The monoisotopic (exact) mass is 232 g/mol. The van der Waals surface area contributed by atoms with E-state index in [0.29, 0.717) is 6.42 Å². The molecule has 0 aliphatic carbocycles. The molecule has 2 aromatic rings. The lowest BCUT2D eigenvalue weighted by Gasteiger charge is -2.06. The van der Waals surface area contributed by atoms with E-state index in [1.54, 1.807) is 12.1 Å². The summed E-state index contributed by atoms with van der Waals surface area (Å²) < 4.78 is 0. The van der Waals surface area contributed by atoms with Crippen molar-refractivity contribution >= 4 is 29.2 Å². The first kappa shape index (κ1) is 11.0. The van der Waals surface area contributed by atoms with Crippen molar-refractivity contribution in [2.75, 3.05) is 5.75 Å². The molecule has 2 rings (SSSR count). The Kier molecular flexibility index (Phi) is 3.15. The largest absolute Gasteiger partial charge is 0.507 e. The summed E-state index contributed by atoms with van der Waals surface area (Å²) in [6, 6.07) is 10.9. The molecule has 16 heavy (non-hydrogen) atoms. The van der Waals surface area contributed by atoms with Gasteiger partial charge in [-0.1, -0.05) is 30.3 Å². The molecule has 0 unspecified atom stereocenters. The smallest absolute Gasteiger partial charge is 0.146 e. The quantitative estimate of drug-likeness (QED) is 0.798. The molecule has 1 N–H and O–H groups in total. The van der Waals surface area contributed by atoms with Crippen LogP contribution in [0.4, 0.5) is 0 Å². The van der Waals surface area contributed by atoms with E-state index < -0.39 is 0 Å². The van der Waals surface area contributed by atoms with Crippen LogP contribution < -0.4 is 0 Å². The van der Waals surface area contributed by atoms with Crippen LogP contribution >= 0.6 is 12.6 Å². The first-order valence-electron chi connectivity index (χ1n) is 5.04. The number of hydrogen-bond donors (Lipinski definition) is 2. The normalized spacial score (nSPS) is 10.6. The van der Waals surface area contributed by atoms with E-state index in [1.807, 2.05) is 24.3 Å². The van der Waals surface area contributed by atoms with Crippen molar-refractivity contribution < 1.29 is 9.90 Å². The summed E-state index contributed by atoms with van der Waals surface area (Å²) in [5.74, 6) is 0.576. The Morgan fingerprint density at radius 2 is 1.81 bits per heavy atom. The predicted molar refractivity (Wildman–Crippen MR) is 68.2 cm³/mol. The number of Topliss-reactive ketones (excluding diaryl/α,β-unsaturated/α-hetero) is 1. The van der Waals surface area contributed by atoms with Crippen molar-refractivity contribution in [1.82, 2.24) is 0 Å². The Bertz CT molecular complexity index is 534. The Morgan fingerprint density at radius 1 is 1.12 bits per heavy atom. The summed E-state index contributed by atoms with van der Waals surface area (Å²) in [7, 11) is 0. The van der Waals surface area contributed by atoms with Crippen LogP contribution in [0.2, 0.25) is 0 Å². The molecule has 0 atom stereocenters. The summed E-state index contributed by atoms with van der Waals surface area (Å²) in [6.45, 7) is 0. The fraction of sp³-hybridized carbons (Fsp3) is 0.154. The second kappa shape index (κ2) is 4.58. The van der Waals surface area contributed by atoms with E-state index in [1.165, 1.54) is 0 Å². The summed E-state index contributed by atoms with van der Waals surface area (Å²) in [5.41, 5.74) is 0.937. The number of ketones is 1. The fourth-order valence-corrected chi connectivity index (χ4v) is 1.89. The van der Waals surface area contributed by atoms with Crippen molar-refractivity contribution in [3.8, 4) is 5.75 Å². The lowest BCUT2D eigenvalue weighted by Crippen LogP contribution is -2.04. The number of carbonyl (C=O) groups is 1. The second-order valence-corrected chi connectivity index (χ2v) is 3.98. The number of thiol groups is 1. The van der Waals surface area contributed by atoms with E-state index in [2.05, 4.69) is 12.6 Å². The van der Waals surface area contributed by atoms with E-state index in [9.17, 15) is 9.90 Å². The fourth-order valence-electron chi connectivity index (χ4n) is 1.78. The third kappa shape index (κ3) is 2.04. The summed E-state index contributed by atoms with van der Waals surface area (Å²) in [4.78, 5) is 11.4. The van der Waals surface area contributed by atoms with Crippen LogP contribution in [0.5, 0.6) is 5.75 Å². The topological polar surface area (TPSA) is 37.3 Å². The van der Waals surface area contributed by atoms with Gasteiger partial charge in [0, 0.05) is 17.6 Å². The highest BCUT2D eigenvalue weighted by Crippen LogP contribution is 2.27. The highest BCUT2D eigenvalue weighted by Gasteiger charge is 2.07. The lowest BCUT2D eigenvalue weighted by atomic mass is 10.0. The molecule has 0 amide bonds. The van der Waals surface area contributed by atoms with Gasteiger partial charge in [0.2, 0.25) is 0 Å². The van der Waals surface area contributed by atoms with Crippen LogP contribution in [0.3, 0.4) is 0 Å². The minimum Gasteiger partial charge on any atom is -0.507 e. The minimum atomic E-state index is 0.0826. The number of benzene rings is 2. The molecule has 0 radical (unpaired) electrons. The minimum absolute atomic E-state index is 0.0826. The van der Waals surface area contributed by atoms with Crippen LogP contribution in [-0.2, 0) is 11.2 Å². The number of aromatic hydroxyl groups is 1. The second-order valence-electron chi connectivity index (χ2n) is 3.66. The van der Waals surface area contributed by atoms with Gasteiger partial charge < -0.3 is 5.11 Å². The molecule has 0 aliphatic heterocycles. The molecule has 0 heterocycles. The molecule has 0 spiro atoms. The van der Waals surface area contributed by atoms with Crippen molar-refractivity contribution in [3.05, 3.63) is 42.0 Å². The molecule has 0 fully saturated rings. The van der Waals surface area contributed by atoms with Crippen molar-refractivity contribution in [3.63, 3.8) is 0 Å². The number of phenols is 1. The van der Waals surface area contributed by atoms with Gasteiger partial charge in [-0.3, -0.25) is 4.79 Å². The molecule has 0 bridgehead atoms. The molecule has 0 saturated carbocycles. The van der Waals surface area contributed by atoms with Gasteiger partial charge in [0.05, 0.1) is 0 Å². The van der Waals surface area contributed by atoms with Crippen LogP contribution in [-0.4, -0.2) is 16.6 Å². The number of carbonyl (C=O) groups excluding carboxylic acids is 1. The predicted octanol–water partition coefficient (Wildman–Crippen LogP) is 2.59. The first-order valence-corrected chi connectivity index (χ1v) is 5.68. The molecule has 0 saturated heterocycles. The van der Waals surface area contributed by atoms with Gasteiger partial charge in [-0.2, -0.15) is 12.6 Å². The molecule has 2 aromatic carbocycles. The number of fused-ring (bicyclic) bond motifs is 1. The van der Waals surface area contributed by atoms with Gasteiger partial charge in [0.15, 0.2) is 0 Å². The Labute approximate surface area is 99.3 Å². The Hall–Kier alpha value is -1.48. The molecule has 0 aliphatic rings. The highest BCUT2D eigenvalue weighted by atomic mass is 32.1. The molecular formula is C13H12O2S. The standard InChI is InChI=1S/C13H12O2S/c14-10(8-16)7-9-3-1-5-12-11(9)4-2-6-13(12)15/h1-6,15-16H,7-8H2. The average molecular weight is 232 g/mol. The van der Waals surface area contributed by atoms with Gasteiger partial charge in [-0.05, 0) is 17.0 Å². The number of rotatable bonds is 3. The van der Waals surface area contributed by atoms with Gasteiger partial charge in [0.25, 0.3) is 0 Å². The van der Waals surface area contributed by atoms with Crippen LogP contribution in [0.1, 0.15) is 5.56 Å². The van der Waals surface area contributed by atoms with E-state index in [-0.39, 0.29) is 17.3 Å². The molecule has 3 heteroatoms. The number of hydrogen-bond acceptors (Lipinski definition) is 3. The zero-order chi connectivity index (χ0) is 11.5. The maximum absolute atomic E-state index is 11.4. The summed E-state index contributed by atoms with van der Waals surface area (Å²) in [5, 5.41) is 11.4. The van der Waals surface area contributed by atoms with E-state index >= 15 is 0 Å². The summed E-state index contributed by atoms with van der Waals surface area (Å²) >= 11 is 3.96. The lowest BCUT2D eigenvalue weighted by molar-refractivity contribution is -0.115. The first-order chi connectivity index (χ1) is 7.72. The number of phenolic OH excluding ortho intramolecular Hbond substituents is 1. The maximum Gasteiger partial charge on any atom is 0.146 e. The van der Waals surface area contributed by atoms with Gasteiger partial charge in [0.1, 0.15) is 11.5 Å². The zero-order valence-electron chi connectivity index (χ0n) is 8.68. The van der Waals surface area contributed by atoms with E-state index in [4.69, 9.17) is 0 Å². The van der Waals surface area contributed by atoms with Crippen molar-refractivity contribution in [1.29, 1.82) is 0 Å². The third-order valence-corrected chi connectivity index (χ3v) is 2.91. The van der Waals surface area contributed by atoms with Gasteiger partial charge in [-0.15, -0.1) is 0 Å².